The monoisotopic (exact) mass is 327 g/mol. The van der Waals surface area contributed by atoms with Crippen LogP contribution in [0.5, 0.6) is 0 Å². The number of allylic oxidation sites excluding steroid dienone is 1. The highest BCUT2D eigenvalue weighted by atomic mass is 16.1. The fourth-order valence-corrected chi connectivity index (χ4v) is 2.91. The van der Waals surface area contributed by atoms with Crippen LogP contribution in [0.1, 0.15) is 82.8 Å². The van der Waals surface area contributed by atoms with Gasteiger partial charge in [-0.2, -0.15) is 0 Å². The first kappa shape index (κ1) is 20.3. The number of aliphatic imine (C=N–C) groups is 1. The molecule has 0 aliphatic rings. The molecular weight excluding hydrogens is 294 g/mol. The first-order chi connectivity index (χ1) is 11.3. The van der Waals surface area contributed by atoms with Crippen molar-refractivity contribution in [2.45, 2.75) is 67.7 Å². The van der Waals surface area contributed by atoms with Crippen LogP contribution < -0.4 is 0 Å². The molecular formula is C22H33NO. The van der Waals surface area contributed by atoms with E-state index in [0.29, 0.717) is 11.8 Å². The lowest BCUT2D eigenvalue weighted by molar-refractivity contribution is 0.101. The van der Waals surface area contributed by atoms with Crippen LogP contribution in [0.25, 0.3) is 0 Å². The molecule has 1 rings (SSSR count). The van der Waals surface area contributed by atoms with Gasteiger partial charge in [0.05, 0.1) is 0 Å². The number of carbonyl (C=O) groups excluding carboxylic acids is 1. The molecule has 0 saturated heterocycles. The van der Waals surface area contributed by atoms with Crippen molar-refractivity contribution < 1.29 is 4.79 Å². The molecule has 132 valence electrons. The van der Waals surface area contributed by atoms with E-state index in [1.807, 2.05) is 33.0 Å². The number of carbonyl (C=O) groups is 1. The highest BCUT2D eigenvalue weighted by molar-refractivity contribution is 6.02. The molecule has 1 aromatic rings. The number of Topliss-reactive ketones (excluding diaryl/α,β-unsaturated/α-hetero) is 1. The molecule has 0 amide bonds. The predicted molar refractivity (Wildman–Crippen MR) is 105 cm³/mol. The van der Waals surface area contributed by atoms with Gasteiger partial charge in [-0.05, 0) is 75.3 Å². The van der Waals surface area contributed by atoms with Crippen LogP contribution in [0.3, 0.4) is 0 Å². The Hall–Kier alpha value is -1.70. The Balaban J connectivity index is 3.24. The molecule has 0 aromatic heterocycles. The summed E-state index contributed by atoms with van der Waals surface area (Å²) in [4.78, 5) is 16.5. The van der Waals surface area contributed by atoms with Crippen LogP contribution in [0.2, 0.25) is 0 Å². The van der Waals surface area contributed by atoms with E-state index in [0.717, 1.165) is 23.3 Å². The van der Waals surface area contributed by atoms with Gasteiger partial charge in [-0.25, -0.2) is 0 Å². The lowest BCUT2D eigenvalue weighted by Gasteiger charge is -2.22. The topological polar surface area (TPSA) is 29.4 Å². The van der Waals surface area contributed by atoms with Gasteiger partial charge in [0.15, 0.2) is 5.78 Å². The first-order valence-corrected chi connectivity index (χ1v) is 9.11. The molecule has 2 atom stereocenters. The number of nitrogens with zero attached hydrogens (tertiary/aromatic N) is 1. The lowest BCUT2D eigenvalue weighted by atomic mass is 9.83. The van der Waals surface area contributed by atoms with Crippen molar-refractivity contribution in [3.05, 3.63) is 46.7 Å². The third-order valence-electron chi connectivity index (χ3n) is 4.80. The maximum absolute atomic E-state index is 11.9. The van der Waals surface area contributed by atoms with Crippen LogP contribution in [0.15, 0.2) is 35.0 Å². The predicted octanol–water partition coefficient (Wildman–Crippen LogP) is 6.24. The summed E-state index contributed by atoms with van der Waals surface area (Å²) >= 11 is 0. The van der Waals surface area contributed by atoms with Gasteiger partial charge in [0.25, 0.3) is 0 Å². The standard InChI is InChI=1S/C22H33NO/c1-8-16(5)20(9-2)10-19-11-21(13-22(12-19)18(7)24)17(6)23-14-15(3)4/h11-14,16,20H,8-10H2,1-7H3/b23-17+. The van der Waals surface area contributed by atoms with Gasteiger partial charge in [-0.15, -0.1) is 0 Å². The third kappa shape index (κ3) is 6.07. The molecule has 1 aromatic carbocycles. The smallest absolute Gasteiger partial charge is 0.159 e. The Labute approximate surface area is 148 Å². The largest absolute Gasteiger partial charge is 0.295 e. The fraction of sp³-hybridized carbons (Fsp3) is 0.545. The van der Waals surface area contributed by atoms with Crippen molar-refractivity contribution in [2.24, 2.45) is 16.8 Å². The zero-order valence-corrected chi connectivity index (χ0v) is 16.4. The van der Waals surface area contributed by atoms with Crippen molar-refractivity contribution in [2.75, 3.05) is 0 Å². The van der Waals surface area contributed by atoms with Crippen molar-refractivity contribution >= 4 is 11.5 Å². The molecule has 2 heteroatoms. The van der Waals surface area contributed by atoms with Gasteiger partial charge < -0.3 is 0 Å². The maximum atomic E-state index is 11.9. The minimum Gasteiger partial charge on any atom is -0.295 e. The summed E-state index contributed by atoms with van der Waals surface area (Å²) in [6.07, 6.45) is 5.26. The molecule has 0 radical (unpaired) electrons. The number of ketones is 1. The van der Waals surface area contributed by atoms with Gasteiger partial charge in [0.1, 0.15) is 0 Å². The number of rotatable bonds is 8. The van der Waals surface area contributed by atoms with Crippen molar-refractivity contribution in [3.8, 4) is 0 Å². The van der Waals surface area contributed by atoms with Gasteiger partial charge in [-0.3, -0.25) is 9.79 Å². The van der Waals surface area contributed by atoms with Crippen LogP contribution in [0.4, 0.5) is 0 Å². The summed E-state index contributed by atoms with van der Waals surface area (Å²) in [5.41, 5.74) is 5.20. The van der Waals surface area contributed by atoms with E-state index < -0.39 is 0 Å². The quantitative estimate of drug-likeness (QED) is 0.410. The Morgan fingerprint density at radius 2 is 1.67 bits per heavy atom. The summed E-state index contributed by atoms with van der Waals surface area (Å²) in [6.45, 7) is 14.5. The third-order valence-corrected chi connectivity index (χ3v) is 4.80. The highest BCUT2D eigenvalue weighted by Crippen LogP contribution is 2.25. The minimum absolute atomic E-state index is 0.115. The first-order valence-electron chi connectivity index (χ1n) is 9.11. The molecule has 0 heterocycles. The lowest BCUT2D eigenvalue weighted by Crippen LogP contribution is -2.14. The Bertz CT molecular complexity index is 621. The number of benzene rings is 1. The maximum Gasteiger partial charge on any atom is 0.159 e. The van der Waals surface area contributed by atoms with E-state index in [2.05, 4.69) is 37.9 Å². The van der Waals surface area contributed by atoms with E-state index >= 15 is 0 Å². The summed E-state index contributed by atoms with van der Waals surface area (Å²) in [5, 5.41) is 0. The molecule has 0 fully saturated rings. The molecule has 24 heavy (non-hydrogen) atoms. The number of hydrogen-bond donors (Lipinski definition) is 0. The molecule has 0 aliphatic carbocycles. The summed E-state index contributed by atoms with van der Waals surface area (Å²) in [7, 11) is 0. The molecule has 0 saturated carbocycles. The van der Waals surface area contributed by atoms with Crippen LogP contribution in [-0.4, -0.2) is 11.5 Å². The van der Waals surface area contributed by atoms with Gasteiger partial charge in [0, 0.05) is 17.5 Å². The fourth-order valence-electron chi connectivity index (χ4n) is 2.91. The summed E-state index contributed by atoms with van der Waals surface area (Å²) in [5.74, 6) is 1.46. The van der Waals surface area contributed by atoms with E-state index in [1.54, 1.807) is 6.92 Å². The molecule has 2 unspecified atom stereocenters. The van der Waals surface area contributed by atoms with E-state index in [9.17, 15) is 4.79 Å². The second kappa shape index (κ2) is 9.56. The zero-order chi connectivity index (χ0) is 18.3. The number of hydrogen-bond acceptors (Lipinski definition) is 2. The van der Waals surface area contributed by atoms with Crippen molar-refractivity contribution in [1.29, 1.82) is 0 Å². The van der Waals surface area contributed by atoms with E-state index in [-0.39, 0.29) is 5.78 Å². The van der Waals surface area contributed by atoms with E-state index in [1.165, 1.54) is 24.0 Å². The molecule has 0 N–H and O–H groups in total. The highest BCUT2D eigenvalue weighted by Gasteiger charge is 2.16. The normalized spacial score (nSPS) is 14.2. The molecule has 0 aliphatic heterocycles. The molecule has 0 bridgehead atoms. The van der Waals surface area contributed by atoms with Crippen molar-refractivity contribution in [1.82, 2.24) is 0 Å². The Kier molecular flexibility index (Phi) is 8.10. The van der Waals surface area contributed by atoms with Crippen molar-refractivity contribution in [3.63, 3.8) is 0 Å². The van der Waals surface area contributed by atoms with Gasteiger partial charge in [0.2, 0.25) is 0 Å². The minimum atomic E-state index is 0.115. The van der Waals surface area contributed by atoms with Crippen LogP contribution in [-0.2, 0) is 6.42 Å². The van der Waals surface area contributed by atoms with Gasteiger partial charge >= 0.3 is 0 Å². The summed E-state index contributed by atoms with van der Waals surface area (Å²) in [6, 6.07) is 6.23. The molecule has 0 spiro atoms. The summed E-state index contributed by atoms with van der Waals surface area (Å²) < 4.78 is 0. The Morgan fingerprint density at radius 3 is 2.17 bits per heavy atom. The second-order valence-electron chi connectivity index (χ2n) is 7.15. The van der Waals surface area contributed by atoms with Crippen LogP contribution in [0, 0.1) is 11.8 Å². The zero-order valence-electron chi connectivity index (χ0n) is 16.4. The second-order valence-corrected chi connectivity index (χ2v) is 7.15. The molecule has 2 nitrogen and oxygen atoms in total. The van der Waals surface area contributed by atoms with Crippen LogP contribution >= 0.6 is 0 Å². The van der Waals surface area contributed by atoms with E-state index in [4.69, 9.17) is 0 Å². The average Bonchev–Trinajstić information content (AvgIpc) is 2.56. The van der Waals surface area contributed by atoms with Gasteiger partial charge in [-0.1, -0.05) is 39.2 Å². The average molecular weight is 328 g/mol. The SMILES string of the molecule is CCC(C)C(CC)Cc1cc(C(C)=O)cc(/C(C)=N/C=C(C)C)c1. The Morgan fingerprint density at radius 1 is 1.04 bits per heavy atom.